The van der Waals surface area contributed by atoms with Crippen LogP contribution in [0.1, 0.15) is 23.6 Å². The number of hydrogen-bond acceptors (Lipinski definition) is 7. The van der Waals surface area contributed by atoms with E-state index in [1.54, 1.807) is 49.4 Å². The van der Waals surface area contributed by atoms with Gasteiger partial charge >= 0.3 is 6.09 Å². The fourth-order valence-electron chi connectivity index (χ4n) is 4.75. The topological polar surface area (TPSA) is 121 Å². The van der Waals surface area contributed by atoms with E-state index in [1.807, 2.05) is 0 Å². The number of piperidine rings is 1. The van der Waals surface area contributed by atoms with Gasteiger partial charge in [0.1, 0.15) is 12.6 Å². The summed E-state index contributed by atoms with van der Waals surface area (Å²) in [6.07, 6.45) is 1.54. The zero-order valence-corrected chi connectivity index (χ0v) is 19.0. The second-order valence-corrected chi connectivity index (χ2v) is 10.5. The first-order chi connectivity index (χ1) is 16.1. The van der Waals surface area contributed by atoms with E-state index in [4.69, 9.17) is 4.74 Å². The van der Waals surface area contributed by atoms with Crippen LogP contribution in [0.2, 0.25) is 0 Å². The molecule has 3 aliphatic heterocycles. The van der Waals surface area contributed by atoms with Gasteiger partial charge in [-0.15, -0.1) is 0 Å². The van der Waals surface area contributed by atoms with Crippen LogP contribution in [0.5, 0.6) is 0 Å². The SMILES string of the molecule is Cc1ccc(S(=O)(=O)N2C(=O)[C@@]3(O)C=CC2C[C@@H]3C(=O)N2C(=O)OC[C@H]2c2ccccc2)cc1. The molecule has 6 rings (SSSR count). The van der Waals surface area contributed by atoms with Gasteiger partial charge in [-0.25, -0.2) is 22.4 Å². The monoisotopic (exact) mass is 482 g/mol. The Balaban J connectivity index is 1.47. The molecule has 2 bridgehead atoms. The van der Waals surface area contributed by atoms with Crippen molar-refractivity contribution in [1.82, 2.24) is 9.21 Å². The van der Waals surface area contributed by atoms with Crippen LogP contribution < -0.4 is 0 Å². The Bertz CT molecular complexity index is 1310. The summed E-state index contributed by atoms with van der Waals surface area (Å²) in [6.45, 7) is 1.75. The number of carbonyl (C=O) groups is 3. The molecule has 2 fully saturated rings. The Morgan fingerprint density at radius 2 is 1.76 bits per heavy atom. The molecule has 10 heteroatoms. The molecular weight excluding hydrogens is 460 g/mol. The van der Waals surface area contributed by atoms with Crippen LogP contribution in [0.4, 0.5) is 4.79 Å². The third-order valence-electron chi connectivity index (χ3n) is 6.60. The summed E-state index contributed by atoms with van der Waals surface area (Å²) < 4.78 is 32.2. The fraction of sp³-hybridized carbons (Fsp3) is 0.292. The van der Waals surface area contributed by atoms with Crippen molar-refractivity contribution in [2.24, 2.45) is 5.92 Å². The van der Waals surface area contributed by atoms with Crippen molar-refractivity contribution in [1.29, 1.82) is 0 Å². The van der Waals surface area contributed by atoms with Crippen molar-refractivity contribution in [3.8, 4) is 0 Å². The number of carbonyl (C=O) groups excluding carboxylic acids is 3. The maximum atomic E-state index is 13.5. The van der Waals surface area contributed by atoms with Gasteiger partial charge in [-0.3, -0.25) is 9.59 Å². The molecule has 3 amide bonds. The Kier molecular flexibility index (Phi) is 5.10. The third kappa shape index (κ3) is 3.24. The average molecular weight is 483 g/mol. The molecule has 2 saturated heterocycles. The van der Waals surface area contributed by atoms with E-state index in [1.165, 1.54) is 18.2 Å². The number of aliphatic hydroxyl groups is 1. The molecule has 0 spiro atoms. The summed E-state index contributed by atoms with van der Waals surface area (Å²) in [6, 6.07) is 13.1. The van der Waals surface area contributed by atoms with E-state index in [-0.39, 0.29) is 17.9 Å². The minimum atomic E-state index is -4.27. The average Bonchev–Trinajstić information content (AvgIpc) is 3.21. The smallest absolute Gasteiger partial charge is 0.417 e. The summed E-state index contributed by atoms with van der Waals surface area (Å²) >= 11 is 0. The second kappa shape index (κ2) is 7.78. The number of nitrogens with zero attached hydrogens (tertiary/aromatic N) is 2. The number of benzene rings is 2. The standard InChI is InChI=1S/C24H22N2O7S/c1-15-7-9-18(10-8-15)34(31,32)26-17-11-12-24(30,22(26)28)19(13-17)21(27)25-20(14-33-23(25)29)16-5-3-2-4-6-16/h2-12,17,19-20,30H,13-14H2,1H3/t17?,19-,20+,24-/m1/s1. The number of sulfonamides is 1. The maximum absolute atomic E-state index is 13.5. The van der Waals surface area contributed by atoms with Crippen LogP contribution in [0.3, 0.4) is 0 Å². The van der Waals surface area contributed by atoms with Gasteiger partial charge in [0.2, 0.25) is 5.91 Å². The van der Waals surface area contributed by atoms with E-state index in [9.17, 15) is 27.9 Å². The minimum absolute atomic E-state index is 0.0547. The molecule has 1 unspecified atom stereocenters. The first-order valence-corrected chi connectivity index (χ1v) is 12.2. The lowest BCUT2D eigenvalue weighted by Crippen LogP contribution is -2.67. The highest BCUT2D eigenvalue weighted by Crippen LogP contribution is 2.44. The molecule has 34 heavy (non-hydrogen) atoms. The molecule has 176 valence electrons. The number of cyclic esters (lactones) is 1. The van der Waals surface area contributed by atoms with Crippen molar-refractivity contribution >= 4 is 27.9 Å². The molecule has 0 saturated carbocycles. The van der Waals surface area contributed by atoms with Gasteiger partial charge in [0.25, 0.3) is 15.9 Å². The van der Waals surface area contributed by atoms with Crippen molar-refractivity contribution in [3.05, 3.63) is 77.9 Å². The molecule has 9 nitrogen and oxygen atoms in total. The molecular formula is C24H22N2O7S. The Hall–Kier alpha value is -3.50. The van der Waals surface area contributed by atoms with Gasteiger partial charge in [0, 0.05) is 0 Å². The molecule has 2 aromatic rings. The number of ether oxygens (including phenoxy) is 1. The van der Waals surface area contributed by atoms with E-state index in [0.29, 0.717) is 9.87 Å². The Labute approximate surface area is 196 Å². The van der Waals surface area contributed by atoms with Crippen LogP contribution in [0, 0.1) is 12.8 Å². The lowest BCUT2D eigenvalue weighted by molar-refractivity contribution is -0.165. The molecule has 2 aromatic carbocycles. The van der Waals surface area contributed by atoms with E-state index in [2.05, 4.69) is 0 Å². The Morgan fingerprint density at radius 1 is 1.09 bits per heavy atom. The molecule has 1 aliphatic carbocycles. The zero-order valence-electron chi connectivity index (χ0n) is 18.2. The Morgan fingerprint density at radius 3 is 2.44 bits per heavy atom. The van der Waals surface area contributed by atoms with Gasteiger partial charge in [0.15, 0.2) is 5.60 Å². The van der Waals surface area contributed by atoms with Gasteiger partial charge in [-0.2, -0.15) is 0 Å². The summed E-state index contributed by atoms with van der Waals surface area (Å²) in [5.74, 6) is -3.24. The summed E-state index contributed by atoms with van der Waals surface area (Å²) in [5, 5.41) is 11.3. The molecule has 3 heterocycles. The van der Waals surface area contributed by atoms with Gasteiger partial charge in [-0.1, -0.05) is 54.1 Å². The van der Waals surface area contributed by atoms with Gasteiger partial charge in [-0.05, 0) is 37.1 Å². The van der Waals surface area contributed by atoms with Crippen LogP contribution >= 0.6 is 0 Å². The second-order valence-electron chi connectivity index (χ2n) is 8.67. The summed E-state index contributed by atoms with van der Waals surface area (Å²) in [4.78, 5) is 40.1. The number of aryl methyl sites for hydroxylation is 1. The van der Waals surface area contributed by atoms with Crippen molar-refractivity contribution in [2.75, 3.05) is 6.61 Å². The predicted octanol–water partition coefficient (Wildman–Crippen LogP) is 1.92. The predicted molar refractivity (Wildman–Crippen MR) is 119 cm³/mol. The number of rotatable bonds is 4. The van der Waals surface area contributed by atoms with Crippen LogP contribution in [0.25, 0.3) is 0 Å². The molecule has 0 radical (unpaired) electrons. The normalized spacial score (nSPS) is 28.4. The molecule has 4 atom stereocenters. The van der Waals surface area contributed by atoms with Gasteiger partial charge < -0.3 is 9.84 Å². The molecule has 4 aliphatic rings. The number of fused-ring (bicyclic) bond motifs is 2. The lowest BCUT2D eigenvalue weighted by Gasteiger charge is -2.48. The molecule has 1 N–H and O–H groups in total. The first-order valence-electron chi connectivity index (χ1n) is 10.8. The quantitative estimate of drug-likeness (QED) is 0.661. The van der Waals surface area contributed by atoms with Crippen LogP contribution in [-0.4, -0.2) is 58.9 Å². The van der Waals surface area contributed by atoms with E-state index < -0.39 is 51.5 Å². The number of imide groups is 1. The van der Waals surface area contributed by atoms with Crippen LogP contribution in [-0.2, 0) is 24.3 Å². The van der Waals surface area contributed by atoms with Gasteiger partial charge in [0.05, 0.1) is 16.9 Å². The molecule has 0 aromatic heterocycles. The largest absolute Gasteiger partial charge is 0.446 e. The van der Waals surface area contributed by atoms with Crippen LogP contribution in [0.15, 0.2) is 71.6 Å². The van der Waals surface area contributed by atoms with Crippen molar-refractivity contribution in [2.45, 2.75) is 35.9 Å². The number of hydrogen-bond donors (Lipinski definition) is 1. The zero-order chi connectivity index (χ0) is 24.3. The van der Waals surface area contributed by atoms with E-state index in [0.717, 1.165) is 16.5 Å². The summed E-state index contributed by atoms with van der Waals surface area (Å²) in [7, 11) is -4.27. The highest BCUT2D eigenvalue weighted by Gasteiger charge is 2.61. The highest BCUT2D eigenvalue weighted by atomic mass is 32.2. The lowest BCUT2D eigenvalue weighted by atomic mass is 9.73. The van der Waals surface area contributed by atoms with E-state index >= 15 is 0 Å². The first kappa shape index (κ1) is 22.3. The van der Waals surface area contributed by atoms with Crippen molar-refractivity contribution < 1.29 is 32.6 Å². The highest BCUT2D eigenvalue weighted by molar-refractivity contribution is 7.89. The number of amides is 3. The fourth-order valence-corrected chi connectivity index (χ4v) is 6.33. The van der Waals surface area contributed by atoms with Crippen molar-refractivity contribution in [3.63, 3.8) is 0 Å². The summed E-state index contributed by atoms with van der Waals surface area (Å²) in [5.41, 5.74) is -0.895. The minimum Gasteiger partial charge on any atom is -0.446 e. The maximum Gasteiger partial charge on any atom is 0.417 e. The third-order valence-corrected chi connectivity index (χ3v) is 8.42.